The second kappa shape index (κ2) is 9.30. The number of amides is 1. The highest BCUT2D eigenvalue weighted by molar-refractivity contribution is 6.42. The first-order valence-electron chi connectivity index (χ1n) is 8.13. The number of likely N-dealkylation sites (tertiary alicyclic amines) is 1. The fraction of sp³-hybridized carbons (Fsp3) is 0.529. The smallest absolute Gasteiger partial charge is 0.407 e. The minimum atomic E-state index is -1.10. The van der Waals surface area contributed by atoms with Crippen molar-refractivity contribution in [2.24, 2.45) is 5.92 Å². The molecule has 1 aliphatic heterocycles. The van der Waals surface area contributed by atoms with E-state index >= 15 is 0 Å². The van der Waals surface area contributed by atoms with Crippen LogP contribution < -0.4 is 4.74 Å². The van der Waals surface area contributed by atoms with Gasteiger partial charge in [0.25, 0.3) is 0 Å². The Hall–Kier alpha value is -1.70. The lowest BCUT2D eigenvalue weighted by Gasteiger charge is -2.25. The van der Waals surface area contributed by atoms with Gasteiger partial charge in [0.05, 0.1) is 29.1 Å². The molecule has 0 bridgehead atoms. The fourth-order valence-corrected chi connectivity index (χ4v) is 3.57. The van der Waals surface area contributed by atoms with Crippen LogP contribution in [0.15, 0.2) is 12.1 Å². The zero-order valence-corrected chi connectivity index (χ0v) is 16.0. The highest BCUT2D eigenvalue weighted by Crippen LogP contribution is 2.46. The number of esters is 1. The van der Waals surface area contributed by atoms with E-state index in [0.29, 0.717) is 22.8 Å². The first-order chi connectivity index (χ1) is 12.4. The van der Waals surface area contributed by atoms with Gasteiger partial charge in [-0.25, -0.2) is 4.79 Å². The van der Waals surface area contributed by atoms with E-state index in [1.807, 2.05) is 0 Å². The molecule has 0 saturated carbocycles. The first kappa shape index (κ1) is 20.6. The molecule has 1 amide bonds. The molecule has 26 heavy (non-hydrogen) atoms. The van der Waals surface area contributed by atoms with Crippen molar-refractivity contribution in [1.82, 2.24) is 4.90 Å². The van der Waals surface area contributed by atoms with Crippen molar-refractivity contribution in [1.29, 1.82) is 0 Å². The topological polar surface area (TPSA) is 85.3 Å². The maximum Gasteiger partial charge on any atom is 0.407 e. The van der Waals surface area contributed by atoms with Crippen molar-refractivity contribution in [3.63, 3.8) is 0 Å². The van der Waals surface area contributed by atoms with Crippen LogP contribution in [-0.4, -0.2) is 49.1 Å². The van der Waals surface area contributed by atoms with Crippen LogP contribution in [0.25, 0.3) is 0 Å². The van der Waals surface area contributed by atoms with E-state index in [1.54, 1.807) is 19.1 Å². The van der Waals surface area contributed by atoms with Crippen molar-refractivity contribution in [3.05, 3.63) is 27.7 Å². The predicted molar refractivity (Wildman–Crippen MR) is 95.8 cm³/mol. The minimum Gasteiger partial charge on any atom is -0.467 e. The van der Waals surface area contributed by atoms with Gasteiger partial charge in [-0.2, -0.15) is 0 Å². The SMILES string of the molecule is CCOC(=O)C[C@@H]1CC(c2c(OCOC)ccc(Cl)c2Cl)N(C(=O)O)C1. The van der Waals surface area contributed by atoms with Crippen LogP contribution in [0.5, 0.6) is 5.75 Å². The van der Waals surface area contributed by atoms with Crippen LogP contribution in [0.2, 0.25) is 10.0 Å². The van der Waals surface area contributed by atoms with Gasteiger partial charge >= 0.3 is 12.1 Å². The van der Waals surface area contributed by atoms with Gasteiger partial charge in [-0.15, -0.1) is 0 Å². The molecule has 1 aliphatic rings. The van der Waals surface area contributed by atoms with Crippen LogP contribution in [0, 0.1) is 5.92 Å². The summed E-state index contributed by atoms with van der Waals surface area (Å²) < 4.78 is 15.4. The quantitative estimate of drug-likeness (QED) is 0.545. The van der Waals surface area contributed by atoms with E-state index in [0.717, 1.165) is 0 Å². The highest BCUT2D eigenvalue weighted by Gasteiger charge is 2.40. The molecule has 2 atom stereocenters. The predicted octanol–water partition coefficient (Wildman–Crippen LogP) is 3.97. The Labute approximate surface area is 161 Å². The van der Waals surface area contributed by atoms with Gasteiger partial charge in [0, 0.05) is 19.2 Å². The number of carbonyl (C=O) groups is 2. The lowest BCUT2D eigenvalue weighted by molar-refractivity contribution is -0.144. The molecule has 0 spiro atoms. The van der Waals surface area contributed by atoms with Crippen LogP contribution in [0.3, 0.4) is 0 Å². The third-order valence-electron chi connectivity index (χ3n) is 4.15. The maximum absolute atomic E-state index is 11.8. The van der Waals surface area contributed by atoms with E-state index in [4.69, 9.17) is 37.4 Å². The summed E-state index contributed by atoms with van der Waals surface area (Å²) in [5.41, 5.74) is 0.477. The molecule has 1 aromatic carbocycles. The third-order valence-corrected chi connectivity index (χ3v) is 4.97. The molecule has 0 aliphatic carbocycles. The van der Waals surface area contributed by atoms with E-state index < -0.39 is 12.1 Å². The number of hydrogen-bond acceptors (Lipinski definition) is 5. The summed E-state index contributed by atoms with van der Waals surface area (Å²) in [4.78, 5) is 24.8. The molecular weight excluding hydrogens is 385 g/mol. The van der Waals surface area contributed by atoms with Gasteiger partial charge in [-0.1, -0.05) is 23.2 Å². The average Bonchev–Trinajstić information content (AvgIpc) is 2.99. The maximum atomic E-state index is 11.8. The summed E-state index contributed by atoms with van der Waals surface area (Å²) in [7, 11) is 1.48. The largest absolute Gasteiger partial charge is 0.467 e. The van der Waals surface area contributed by atoms with Crippen molar-refractivity contribution >= 4 is 35.3 Å². The Morgan fingerprint density at radius 2 is 2.08 bits per heavy atom. The lowest BCUT2D eigenvalue weighted by atomic mass is 9.97. The number of methoxy groups -OCH3 is 1. The molecule has 9 heteroatoms. The first-order valence-corrected chi connectivity index (χ1v) is 8.89. The van der Waals surface area contributed by atoms with Crippen molar-refractivity contribution in [2.45, 2.75) is 25.8 Å². The van der Waals surface area contributed by atoms with Crippen LogP contribution >= 0.6 is 23.2 Å². The highest BCUT2D eigenvalue weighted by atomic mass is 35.5. The Morgan fingerprint density at radius 3 is 2.69 bits per heavy atom. The molecule has 1 aromatic rings. The van der Waals surface area contributed by atoms with Crippen molar-refractivity contribution < 1.29 is 28.9 Å². The molecule has 1 N–H and O–H groups in total. The zero-order chi connectivity index (χ0) is 19.3. The van der Waals surface area contributed by atoms with Gasteiger partial charge < -0.3 is 24.2 Å². The molecule has 2 rings (SSSR count). The Bertz CT molecular complexity index is 669. The zero-order valence-electron chi connectivity index (χ0n) is 14.5. The summed E-state index contributed by atoms with van der Waals surface area (Å²) in [6, 6.07) is 2.63. The Kier molecular flexibility index (Phi) is 7.37. The molecule has 1 saturated heterocycles. The van der Waals surface area contributed by atoms with Gasteiger partial charge in [-0.3, -0.25) is 4.79 Å². The van der Waals surface area contributed by atoms with E-state index in [1.165, 1.54) is 12.0 Å². The Morgan fingerprint density at radius 1 is 1.35 bits per heavy atom. The van der Waals surface area contributed by atoms with Gasteiger partial charge in [0.2, 0.25) is 0 Å². The van der Waals surface area contributed by atoms with Crippen LogP contribution in [0.4, 0.5) is 4.79 Å². The molecule has 1 heterocycles. The van der Waals surface area contributed by atoms with Gasteiger partial charge in [0.15, 0.2) is 6.79 Å². The lowest BCUT2D eigenvalue weighted by Crippen LogP contribution is -2.30. The van der Waals surface area contributed by atoms with E-state index in [9.17, 15) is 14.7 Å². The number of ether oxygens (including phenoxy) is 3. The van der Waals surface area contributed by atoms with E-state index in [2.05, 4.69) is 0 Å². The summed E-state index contributed by atoms with van der Waals surface area (Å²) in [6.45, 7) is 2.19. The average molecular weight is 406 g/mol. The fourth-order valence-electron chi connectivity index (χ4n) is 3.12. The second-order valence-electron chi connectivity index (χ2n) is 5.89. The standard InChI is InChI=1S/C17H21Cl2NO6/c1-3-25-14(21)7-10-6-12(20(8-10)17(22)23)15-13(26-9-24-2)5-4-11(18)16(15)19/h4-5,10,12H,3,6-9H2,1-2H3,(H,22,23)/t10-,12?/m0/s1. The van der Waals surface area contributed by atoms with Crippen LogP contribution in [0.1, 0.15) is 31.4 Å². The number of rotatable bonds is 7. The Balaban J connectivity index is 2.33. The number of carbonyl (C=O) groups excluding carboxylic acids is 1. The molecule has 7 nitrogen and oxygen atoms in total. The van der Waals surface area contributed by atoms with Crippen molar-refractivity contribution in [3.8, 4) is 5.75 Å². The van der Waals surface area contributed by atoms with Crippen molar-refractivity contribution in [2.75, 3.05) is 27.1 Å². The van der Waals surface area contributed by atoms with Gasteiger partial charge in [-0.05, 0) is 31.4 Å². The normalized spacial score (nSPS) is 19.5. The molecule has 144 valence electrons. The number of carboxylic acid groups (broad SMARTS) is 1. The second-order valence-corrected chi connectivity index (χ2v) is 6.67. The molecule has 1 fully saturated rings. The third kappa shape index (κ3) is 4.72. The number of halogens is 2. The number of benzene rings is 1. The monoisotopic (exact) mass is 405 g/mol. The summed E-state index contributed by atoms with van der Waals surface area (Å²) in [5.74, 6) is -0.133. The summed E-state index contributed by atoms with van der Waals surface area (Å²) in [5, 5.41) is 10.1. The van der Waals surface area contributed by atoms with Gasteiger partial charge in [0.1, 0.15) is 5.75 Å². The minimum absolute atomic E-state index is 0.0169. The number of nitrogens with zero attached hydrogens (tertiary/aromatic N) is 1. The molecule has 0 aromatic heterocycles. The summed E-state index contributed by atoms with van der Waals surface area (Å²) >= 11 is 12.5. The molecule has 0 radical (unpaired) electrons. The summed E-state index contributed by atoms with van der Waals surface area (Å²) in [6.07, 6.45) is -0.551. The van der Waals surface area contributed by atoms with Crippen LogP contribution in [-0.2, 0) is 14.3 Å². The number of hydrogen-bond donors (Lipinski definition) is 1. The molecule has 1 unspecified atom stereocenters. The van der Waals surface area contributed by atoms with E-state index in [-0.39, 0.29) is 43.3 Å². The molecular formula is C17H21Cl2NO6.